The van der Waals surface area contributed by atoms with Crippen molar-refractivity contribution in [3.8, 4) is 0 Å². The Bertz CT molecular complexity index is 438. The zero-order valence-electron chi connectivity index (χ0n) is 12.0. The number of hydrogen-bond acceptors (Lipinski definition) is 4. The molecule has 2 saturated carbocycles. The normalized spacial score (nSPS) is 18.4. The molecule has 2 aliphatic rings. The maximum Gasteiger partial charge on any atom is 0.136 e. The van der Waals surface area contributed by atoms with Crippen LogP contribution in [-0.2, 0) is 0 Å². The van der Waals surface area contributed by atoms with Crippen molar-refractivity contribution in [1.29, 1.82) is 0 Å². The van der Waals surface area contributed by atoms with E-state index >= 15 is 0 Å². The summed E-state index contributed by atoms with van der Waals surface area (Å²) >= 11 is 0. The van der Waals surface area contributed by atoms with Gasteiger partial charge in [0.15, 0.2) is 0 Å². The van der Waals surface area contributed by atoms with Gasteiger partial charge in [-0.1, -0.05) is 6.92 Å². The molecule has 0 spiro atoms. The van der Waals surface area contributed by atoms with Gasteiger partial charge in [0, 0.05) is 31.1 Å². The van der Waals surface area contributed by atoms with E-state index in [-0.39, 0.29) is 0 Å². The Hall–Kier alpha value is -1.32. The van der Waals surface area contributed by atoms with Crippen LogP contribution < -0.4 is 10.2 Å². The highest BCUT2D eigenvalue weighted by Crippen LogP contribution is 2.40. The maximum absolute atomic E-state index is 4.81. The molecule has 0 aromatic carbocycles. The van der Waals surface area contributed by atoms with E-state index in [1.54, 1.807) is 0 Å². The Labute approximate surface area is 115 Å². The van der Waals surface area contributed by atoms with Crippen molar-refractivity contribution in [2.75, 3.05) is 23.3 Å². The standard InChI is InChI=1S/C15H24N4/c1-3-9-16-13-10-14(19(4-2)12-7-8-12)18-15(17-13)11-5-6-11/h10-12H,3-9H2,1-2H3,(H,16,17,18). The molecule has 0 radical (unpaired) electrons. The summed E-state index contributed by atoms with van der Waals surface area (Å²) in [5, 5.41) is 3.42. The molecule has 4 nitrogen and oxygen atoms in total. The molecule has 0 bridgehead atoms. The first kappa shape index (κ1) is 12.7. The molecule has 1 N–H and O–H groups in total. The second kappa shape index (κ2) is 5.35. The molecule has 104 valence electrons. The molecule has 3 rings (SSSR count). The highest BCUT2D eigenvalue weighted by molar-refractivity contribution is 5.51. The van der Waals surface area contributed by atoms with Crippen LogP contribution in [0.1, 0.15) is 57.7 Å². The van der Waals surface area contributed by atoms with Gasteiger partial charge < -0.3 is 10.2 Å². The summed E-state index contributed by atoms with van der Waals surface area (Å²) < 4.78 is 0. The summed E-state index contributed by atoms with van der Waals surface area (Å²) in [6.07, 6.45) is 6.26. The van der Waals surface area contributed by atoms with Gasteiger partial charge in [-0.05, 0) is 39.0 Å². The van der Waals surface area contributed by atoms with Crippen LogP contribution >= 0.6 is 0 Å². The molecule has 19 heavy (non-hydrogen) atoms. The third-order valence-electron chi connectivity index (χ3n) is 3.85. The number of nitrogens with zero attached hydrogens (tertiary/aromatic N) is 3. The van der Waals surface area contributed by atoms with Crippen molar-refractivity contribution in [3.63, 3.8) is 0 Å². The predicted octanol–water partition coefficient (Wildman–Crippen LogP) is 3.16. The van der Waals surface area contributed by atoms with Crippen LogP contribution in [-0.4, -0.2) is 29.1 Å². The third-order valence-corrected chi connectivity index (χ3v) is 3.85. The van der Waals surface area contributed by atoms with Gasteiger partial charge in [-0.15, -0.1) is 0 Å². The van der Waals surface area contributed by atoms with Gasteiger partial charge in [-0.25, -0.2) is 9.97 Å². The second-order valence-corrected chi connectivity index (χ2v) is 5.69. The zero-order chi connectivity index (χ0) is 13.2. The molecule has 0 atom stereocenters. The van der Waals surface area contributed by atoms with E-state index in [0.29, 0.717) is 12.0 Å². The number of hydrogen-bond donors (Lipinski definition) is 1. The van der Waals surface area contributed by atoms with Crippen molar-refractivity contribution in [2.45, 2.75) is 57.9 Å². The largest absolute Gasteiger partial charge is 0.370 e. The van der Waals surface area contributed by atoms with Gasteiger partial charge in [-0.2, -0.15) is 0 Å². The lowest BCUT2D eigenvalue weighted by Gasteiger charge is -2.22. The Balaban J connectivity index is 1.85. The van der Waals surface area contributed by atoms with E-state index in [0.717, 1.165) is 37.0 Å². The highest BCUT2D eigenvalue weighted by Gasteiger charge is 2.31. The van der Waals surface area contributed by atoms with E-state index in [9.17, 15) is 0 Å². The Kier molecular flexibility index (Phi) is 3.58. The third kappa shape index (κ3) is 2.99. The Morgan fingerprint density at radius 1 is 1.21 bits per heavy atom. The van der Waals surface area contributed by atoms with Crippen LogP contribution in [0.5, 0.6) is 0 Å². The monoisotopic (exact) mass is 260 g/mol. The fourth-order valence-corrected chi connectivity index (χ4v) is 2.46. The summed E-state index contributed by atoms with van der Waals surface area (Å²) in [5.74, 6) is 3.79. The van der Waals surface area contributed by atoms with Crippen LogP contribution in [0, 0.1) is 0 Å². The molecule has 0 aliphatic heterocycles. The topological polar surface area (TPSA) is 41.0 Å². The van der Waals surface area contributed by atoms with Crippen LogP contribution in [0.3, 0.4) is 0 Å². The minimum atomic E-state index is 0.611. The van der Waals surface area contributed by atoms with Crippen LogP contribution in [0.15, 0.2) is 6.07 Å². The van der Waals surface area contributed by atoms with Crippen LogP contribution in [0.25, 0.3) is 0 Å². The van der Waals surface area contributed by atoms with Gasteiger partial charge in [0.25, 0.3) is 0 Å². The summed E-state index contributed by atoms with van der Waals surface area (Å²) in [7, 11) is 0. The second-order valence-electron chi connectivity index (χ2n) is 5.69. The average Bonchev–Trinajstić information content (AvgIpc) is 3.29. The molecule has 1 aromatic heterocycles. The number of aromatic nitrogens is 2. The quantitative estimate of drug-likeness (QED) is 0.817. The van der Waals surface area contributed by atoms with E-state index in [1.165, 1.54) is 25.7 Å². The van der Waals surface area contributed by atoms with E-state index in [2.05, 4.69) is 35.1 Å². The Morgan fingerprint density at radius 3 is 2.58 bits per heavy atom. The van der Waals surface area contributed by atoms with E-state index < -0.39 is 0 Å². The van der Waals surface area contributed by atoms with Crippen molar-refractivity contribution in [1.82, 2.24) is 9.97 Å². The summed E-state index contributed by atoms with van der Waals surface area (Å²) in [6.45, 7) is 6.42. The molecule has 4 heteroatoms. The molecule has 2 fully saturated rings. The maximum atomic E-state index is 4.81. The fraction of sp³-hybridized carbons (Fsp3) is 0.733. The highest BCUT2D eigenvalue weighted by atomic mass is 15.2. The molecular weight excluding hydrogens is 236 g/mol. The van der Waals surface area contributed by atoms with Crippen LogP contribution in [0.2, 0.25) is 0 Å². The zero-order valence-corrected chi connectivity index (χ0v) is 12.0. The molecule has 1 aromatic rings. The number of anilines is 2. The van der Waals surface area contributed by atoms with Gasteiger partial charge in [0.2, 0.25) is 0 Å². The summed E-state index contributed by atoms with van der Waals surface area (Å²) in [5.41, 5.74) is 0. The smallest absolute Gasteiger partial charge is 0.136 e. The van der Waals surface area contributed by atoms with Crippen molar-refractivity contribution < 1.29 is 0 Å². The molecule has 1 heterocycles. The SMILES string of the molecule is CCCNc1cc(N(CC)C2CC2)nc(C2CC2)n1. The predicted molar refractivity (Wildman–Crippen MR) is 78.8 cm³/mol. The lowest BCUT2D eigenvalue weighted by atomic mass is 10.3. The molecule has 0 unspecified atom stereocenters. The van der Waals surface area contributed by atoms with Gasteiger partial charge in [0.05, 0.1) is 0 Å². The molecule has 0 amide bonds. The lowest BCUT2D eigenvalue weighted by Crippen LogP contribution is -2.26. The number of rotatable bonds is 7. The van der Waals surface area contributed by atoms with Gasteiger partial charge in [-0.3, -0.25) is 0 Å². The molecule has 2 aliphatic carbocycles. The lowest BCUT2D eigenvalue weighted by molar-refractivity contribution is 0.790. The summed E-state index contributed by atoms with van der Waals surface area (Å²) in [4.78, 5) is 11.9. The summed E-state index contributed by atoms with van der Waals surface area (Å²) in [6, 6.07) is 2.84. The van der Waals surface area contributed by atoms with Crippen molar-refractivity contribution in [2.24, 2.45) is 0 Å². The fourth-order valence-electron chi connectivity index (χ4n) is 2.46. The molecular formula is C15H24N4. The van der Waals surface area contributed by atoms with E-state index in [4.69, 9.17) is 4.98 Å². The first-order valence-electron chi connectivity index (χ1n) is 7.71. The first-order valence-corrected chi connectivity index (χ1v) is 7.71. The van der Waals surface area contributed by atoms with Crippen LogP contribution in [0.4, 0.5) is 11.6 Å². The van der Waals surface area contributed by atoms with Gasteiger partial charge in [0.1, 0.15) is 17.5 Å². The number of nitrogens with one attached hydrogen (secondary N) is 1. The minimum absolute atomic E-state index is 0.611. The van der Waals surface area contributed by atoms with E-state index in [1.807, 2.05) is 0 Å². The first-order chi connectivity index (χ1) is 9.31. The minimum Gasteiger partial charge on any atom is -0.370 e. The van der Waals surface area contributed by atoms with Crippen molar-refractivity contribution >= 4 is 11.6 Å². The Morgan fingerprint density at radius 2 is 2.00 bits per heavy atom. The average molecular weight is 260 g/mol. The van der Waals surface area contributed by atoms with Gasteiger partial charge >= 0.3 is 0 Å². The van der Waals surface area contributed by atoms with Crippen molar-refractivity contribution in [3.05, 3.63) is 11.9 Å². The molecule has 0 saturated heterocycles.